The molecule has 0 saturated heterocycles. The first-order valence-electron chi connectivity index (χ1n) is 5.59. The minimum absolute atomic E-state index is 0.170. The first-order chi connectivity index (χ1) is 8.63. The van der Waals surface area contributed by atoms with Crippen LogP contribution < -0.4 is 15.8 Å². The van der Waals surface area contributed by atoms with Gasteiger partial charge in [-0.1, -0.05) is 18.2 Å². The van der Waals surface area contributed by atoms with Gasteiger partial charge in [-0.25, -0.2) is 0 Å². The Balaban J connectivity index is 2.65. The highest BCUT2D eigenvalue weighted by molar-refractivity contribution is 5.94. The van der Waals surface area contributed by atoms with Crippen molar-refractivity contribution in [2.45, 2.75) is 6.92 Å². The molecular formula is C13H16N2O3. The molecular weight excluding hydrogens is 232 g/mol. The molecule has 0 aliphatic rings. The first kappa shape index (κ1) is 13.8. The second-order valence-corrected chi connectivity index (χ2v) is 3.49. The van der Waals surface area contributed by atoms with E-state index in [9.17, 15) is 9.59 Å². The predicted molar refractivity (Wildman–Crippen MR) is 68.8 cm³/mol. The topological polar surface area (TPSA) is 81.4 Å². The Morgan fingerprint density at radius 3 is 2.78 bits per heavy atom. The number of hydrogen-bond donors (Lipinski definition) is 2. The number of carbonyl (C=O) groups excluding carboxylic acids is 2. The van der Waals surface area contributed by atoms with Gasteiger partial charge in [0.05, 0.1) is 13.2 Å². The molecule has 0 aliphatic heterocycles. The van der Waals surface area contributed by atoms with Crippen LogP contribution in [0, 0.1) is 0 Å². The maximum atomic E-state index is 11.3. The number of para-hydroxylation sites is 1. The van der Waals surface area contributed by atoms with Gasteiger partial charge < -0.3 is 15.8 Å². The molecule has 0 radical (unpaired) electrons. The molecule has 18 heavy (non-hydrogen) atoms. The number of primary amides is 1. The van der Waals surface area contributed by atoms with Crippen LogP contribution in [0.2, 0.25) is 0 Å². The minimum atomic E-state index is -0.577. The van der Waals surface area contributed by atoms with E-state index >= 15 is 0 Å². The molecule has 5 heteroatoms. The number of hydrogen-bond acceptors (Lipinski definition) is 3. The summed E-state index contributed by atoms with van der Waals surface area (Å²) in [6.07, 6.45) is 2.96. The molecule has 0 spiro atoms. The molecule has 0 unspecified atom stereocenters. The SMILES string of the molecule is CCOc1ccccc1/C=C/C(=O)NCC(N)=O. The quantitative estimate of drug-likeness (QED) is 0.727. The van der Waals surface area contributed by atoms with Crippen molar-refractivity contribution in [1.29, 1.82) is 0 Å². The van der Waals surface area contributed by atoms with Crippen molar-refractivity contribution in [2.24, 2.45) is 5.73 Å². The monoisotopic (exact) mass is 248 g/mol. The van der Waals surface area contributed by atoms with Crippen LogP contribution in [0.5, 0.6) is 5.75 Å². The summed E-state index contributed by atoms with van der Waals surface area (Å²) in [5.74, 6) is -0.245. The second kappa shape index (κ2) is 7.11. The van der Waals surface area contributed by atoms with E-state index in [0.29, 0.717) is 12.4 Å². The lowest BCUT2D eigenvalue weighted by molar-refractivity contribution is -0.122. The second-order valence-electron chi connectivity index (χ2n) is 3.49. The van der Waals surface area contributed by atoms with Gasteiger partial charge in [0, 0.05) is 11.6 Å². The fraction of sp³-hybridized carbons (Fsp3) is 0.231. The molecule has 1 rings (SSSR count). The summed E-state index contributed by atoms with van der Waals surface area (Å²) < 4.78 is 5.41. The molecule has 1 aromatic rings. The van der Waals surface area contributed by atoms with Crippen LogP contribution in [0.15, 0.2) is 30.3 Å². The predicted octanol–water partition coefficient (Wildman–Crippen LogP) is 0.700. The highest BCUT2D eigenvalue weighted by atomic mass is 16.5. The van der Waals surface area contributed by atoms with Crippen LogP contribution in [-0.2, 0) is 9.59 Å². The van der Waals surface area contributed by atoms with Gasteiger partial charge in [-0.15, -0.1) is 0 Å². The molecule has 2 amide bonds. The number of carbonyl (C=O) groups is 2. The van der Waals surface area contributed by atoms with Crippen LogP contribution in [0.1, 0.15) is 12.5 Å². The first-order valence-corrected chi connectivity index (χ1v) is 5.59. The molecule has 0 aromatic heterocycles. The van der Waals surface area contributed by atoms with E-state index in [4.69, 9.17) is 10.5 Å². The van der Waals surface area contributed by atoms with Crippen LogP contribution in [0.4, 0.5) is 0 Å². The van der Waals surface area contributed by atoms with Crippen molar-refractivity contribution >= 4 is 17.9 Å². The zero-order valence-electron chi connectivity index (χ0n) is 10.2. The molecule has 0 saturated carbocycles. The molecule has 1 aromatic carbocycles. The summed E-state index contributed by atoms with van der Waals surface area (Å²) in [6.45, 7) is 2.27. The van der Waals surface area contributed by atoms with Crippen molar-refractivity contribution in [3.05, 3.63) is 35.9 Å². The molecule has 0 bridgehead atoms. The normalized spacial score (nSPS) is 10.3. The number of amides is 2. The molecule has 5 nitrogen and oxygen atoms in total. The molecule has 0 fully saturated rings. The highest BCUT2D eigenvalue weighted by Gasteiger charge is 2.00. The van der Waals surface area contributed by atoms with E-state index in [1.165, 1.54) is 6.08 Å². The third kappa shape index (κ3) is 4.69. The van der Waals surface area contributed by atoms with Gasteiger partial charge in [0.2, 0.25) is 11.8 Å². The van der Waals surface area contributed by atoms with E-state index in [1.54, 1.807) is 6.08 Å². The van der Waals surface area contributed by atoms with E-state index in [0.717, 1.165) is 5.56 Å². The number of rotatable bonds is 6. The molecule has 0 atom stereocenters. The highest BCUT2D eigenvalue weighted by Crippen LogP contribution is 2.19. The van der Waals surface area contributed by atoms with Crippen LogP contribution in [0.25, 0.3) is 6.08 Å². The van der Waals surface area contributed by atoms with Crippen molar-refractivity contribution in [2.75, 3.05) is 13.2 Å². The largest absolute Gasteiger partial charge is 0.493 e. The van der Waals surface area contributed by atoms with Crippen molar-refractivity contribution in [1.82, 2.24) is 5.32 Å². The Kier molecular flexibility index (Phi) is 5.44. The van der Waals surface area contributed by atoms with Crippen LogP contribution in [-0.4, -0.2) is 25.0 Å². The fourth-order valence-corrected chi connectivity index (χ4v) is 1.30. The zero-order valence-corrected chi connectivity index (χ0v) is 10.2. The number of benzene rings is 1. The average molecular weight is 248 g/mol. The van der Waals surface area contributed by atoms with Gasteiger partial charge >= 0.3 is 0 Å². The smallest absolute Gasteiger partial charge is 0.244 e. The lowest BCUT2D eigenvalue weighted by Crippen LogP contribution is -2.32. The van der Waals surface area contributed by atoms with Gasteiger partial charge in [-0.3, -0.25) is 9.59 Å². The van der Waals surface area contributed by atoms with Gasteiger partial charge in [-0.2, -0.15) is 0 Å². The minimum Gasteiger partial charge on any atom is -0.493 e. The Labute approximate surface area is 106 Å². The third-order valence-corrected chi connectivity index (χ3v) is 2.07. The molecule has 0 aliphatic carbocycles. The third-order valence-electron chi connectivity index (χ3n) is 2.07. The van der Waals surface area contributed by atoms with Crippen LogP contribution in [0.3, 0.4) is 0 Å². The summed E-state index contributed by atoms with van der Waals surface area (Å²) >= 11 is 0. The zero-order chi connectivity index (χ0) is 13.4. The van der Waals surface area contributed by atoms with E-state index in [-0.39, 0.29) is 12.5 Å². The summed E-state index contributed by atoms with van der Waals surface area (Å²) in [5, 5.41) is 2.36. The maximum absolute atomic E-state index is 11.3. The molecule has 3 N–H and O–H groups in total. The lowest BCUT2D eigenvalue weighted by Gasteiger charge is -2.06. The summed E-state index contributed by atoms with van der Waals surface area (Å²) in [5.41, 5.74) is 5.71. The Bertz CT molecular complexity index is 455. The van der Waals surface area contributed by atoms with Crippen molar-refractivity contribution in [3.63, 3.8) is 0 Å². The number of nitrogens with two attached hydrogens (primary N) is 1. The Hall–Kier alpha value is -2.30. The number of nitrogens with one attached hydrogen (secondary N) is 1. The standard InChI is InChI=1S/C13H16N2O3/c1-2-18-11-6-4-3-5-10(11)7-8-13(17)15-9-12(14)16/h3-8H,2,9H2,1H3,(H2,14,16)(H,15,17)/b8-7+. The van der Waals surface area contributed by atoms with Crippen LogP contribution >= 0.6 is 0 Å². The van der Waals surface area contributed by atoms with Crippen molar-refractivity contribution < 1.29 is 14.3 Å². The van der Waals surface area contributed by atoms with E-state index in [2.05, 4.69) is 5.32 Å². The van der Waals surface area contributed by atoms with E-state index in [1.807, 2.05) is 31.2 Å². The molecule has 0 heterocycles. The number of ether oxygens (including phenoxy) is 1. The lowest BCUT2D eigenvalue weighted by atomic mass is 10.2. The van der Waals surface area contributed by atoms with Gasteiger partial charge in [0.15, 0.2) is 0 Å². The summed E-state index contributed by atoms with van der Waals surface area (Å²) in [7, 11) is 0. The van der Waals surface area contributed by atoms with Gasteiger partial charge in [0.1, 0.15) is 5.75 Å². The maximum Gasteiger partial charge on any atom is 0.244 e. The summed E-state index contributed by atoms with van der Waals surface area (Å²) in [6, 6.07) is 7.37. The Morgan fingerprint density at radius 2 is 2.11 bits per heavy atom. The summed E-state index contributed by atoms with van der Waals surface area (Å²) in [4.78, 5) is 21.8. The van der Waals surface area contributed by atoms with E-state index < -0.39 is 5.91 Å². The molecule has 96 valence electrons. The van der Waals surface area contributed by atoms with Gasteiger partial charge in [0.25, 0.3) is 0 Å². The average Bonchev–Trinajstić information content (AvgIpc) is 2.35. The van der Waals surface area contributed by atoms with Crippen molar-refractivity contribution in [3.8, 4) is 5.75 Å². The Morgan fingerprint density at radius 1 is 1.39 bits per heavy atom. The fourth-order valence-electron chi connectivity index (χ4n) is 1.30. The van der Waals surface area contributed by atoms with Gasteiger partial charge in [-0.05, 0) is 19.1 Å².